The molecule has 0 N–H and O–H groups in total. The van der Waals surface area contributed by atoms with Crippen LogP contribution in [0.5, 0.6) is 0 Å². The van der Waals surface area contributed by atoms with Gasteiger partial charge in [0.15, 0.2) is 5.82 Å². The van der Waals surface area contributed by atoms with Gasteiger partial charge in [-0.05, 0) is 75.4 Å². The summed E-state index contributed by atoms with van der Waals surface area (Å²) in [4.78, 5) is 10.1. The minimum absolute atomic E-state index is 0.161. The lowest BCUT2D eigenvalue weighted by molar-refractivity contribution is 0.867. The predicted octanol–water partition coefficient (Wildman–Crippen LogP) is 12.1. The van der Waals surface area contributed by atoms with Crippen LogP contribution in [0.3, 0.4) is 0 Å². The summed E-state index contributed by atoms with van der Waals surface area (Å²) in [6, 6.07) is 49.6. The Hall–Kier alpha value is -5.17. The van der Waals surface area contributed by atoms with Crippen LogP contribution in [0.4, 0.5) is 0 Å². The van der Waals surface area contributed by atoms with E-state index in [-0.39, 0.29) is 7.92 Å². The lowest BCUT2D eigenvalue weighted by atomic mass is 9.81. The smallest absolute Gasteiger partial charge is 0.160 e. The lowest BCUT2D eigenvalue weighted by Crippen LogP contribution is -2.02. The van der Waals surface area contributed by atoms with Crippen LogP contribution in [0.1, 0.15) is 17.9 Å². The molecule has 0 aliphatic heterocycles. The normalized spacial score (nSPS) is 14.5. The van der Waals surface area contributed by atoms with Crippen LogP contribution in [0.2, 0.25) is 0 Å². The maximum Gasteiger partial charge on any atom is 0.160 e. The zero-order chi connectivity index (χ0) is 31.7. The number of rotatable bonds is 6. The molecule has 226 valence electrons. The second-order valence-corrected chi connectivity index (χ2v) is 14.7. The van der Waals surface area contributed by atoms with Crippen LogP contribution >= 0.6 is 7.92 Å². The first-order chi connectivity index (χ1) is 23.1. The molecule has 2 nitrogen and oxygen atoms in total. The molecule has 1 unspecified atom stereocenters. The molecule has 6 aromatic carbocycles. The number of allylic oxidation sites excluding steroid dienone is 4. The minimum Gasteiger partial charge on any atom is -0.228 e. The average Bonchev–Trinajstić information content (AvgIpc) is 3.14. The van der Waals surface area contributed by atoms with Crippen LogP contribution < -0.4 is 0 Å². The number of aromatic nitrogens is 2. The summed E-state index contributed by atoms with van der Waals surface area (Å²) in [7, 11) is -0.161. The van der Waals surface area contributed by atoms with E-state index in [4.69, 9.17) is 9.97 Å². The minimum atomic E-state index is -0.161. The summed E-state index contributed by atoms with van der Waals surface area (Å²) in [5.74, 6) is 1.08. The fourth-order valence-electron chi connectivity index (χ4n) is 6.94. The fourth-order valence-corrected chi connectivity index (χ4v) is 7.82. The van der Waals surface area contributed by atoms with E-state index in [1.54, 1.807) is 0 Å². The van der Waals surface area contributed by atoms with Crippen molar-refractivity contribution in [1.82, 2.24) is 9.97 Å². The first kappa shape index (κ1) is 29.2. The number of hydrogen-bond donors (Lipinski definition) is 0. The van der Waals surface area contributed by atoms with Crippen molar-refractivity contribution >= 4 is 29.5 Å². The van der Waals surface area contributed by atoms with Gasteiger partial charge in [0.1, 0.15) is 0 Å². The monoisotopic (exact) mass is 622 g/mol. The Bertz CT molecular complexity index is 2190. The van der Waals surface area contributed by atoms with Gasteiger partial charge in [0.25, 0.3) is 0 Å². The highest BCUT2D eigenvalue weighted by molar-refractivity contribution is 7.60. The summed E-state index contributed by atoms with van der Waals surface area (Å²) < 4.78 is 0. The first-order valence-corrected chi connectivity index (χ1v) is 18.5. The molecule has 7 aromatic rings. The molecular weight excluding hydrogens is 587 g/mol. The first-order valence-electron chi connectivity index (χ1n) is 16.2. The van der Waals surface area contributed by atoms with Gasteiger partial charge in [0.05, 0.1) is 11.4 Å². The van der Waals surface area contributed by atoms with Crippen LogP contribution in [-0.2, 0) is 0 Å². The largest absolute Gasteiger partial charge is 0.228 e. The summed E-state index contributed by atoms with van der Waals surface area (Å²) in [5.41, 5.74) is 8.86. The topological polar surface area (TPSA) is 25.8 Å². The molecule has 1 aromatic heterocycles. The molecule has 0 spiro atoms. The number of hydrogen-bond acceptors (Lipinski definition) is 2. The number of nitrogens with zero attached hydrogens (tertiary/aromatic N) is 2. The quantitative estimate of drug-likeness (QED) is 0.136. The Morgan fingerprint density at radius 1 is 0.532 bits per heavy atom. The molecule has 3 heteroatoms. The van der Waals surface area contributed by atoms with Gasteiger partial charge in [-0.1, -0.05) is 154 Å². The third-order valence-electron chi connectivity index (χ3n) is 9.19. The van der Waals surface area contributed by atoms with Crippen LogP contribution in [-0.4, -0.2) is 23.3 Å². The van der Waals surface area contributed by atoms with Crippen molar-refractivity contribution in [3.05, 3.63) is 169 Å². The highest BCUT2D eigenvalue weighted by Crippen LogP contribution is 2.47. The van der Waals surface area contributed by atoms with Crippen molar-refractivity contribution in [3.8, 4) is 45.0 Å². The predicted molar refractivity (Wildman–Crippen MR) is 202 cm³/mol. The molecule has 0 radical (unpaired) electrons. The van der Waals surface area contributed by atoms with Gasteiger partial charge in [0, 0.05) is 22.6 Å². The zero-order valence-electron chi connectivity index (χ0n) is 26.6. The molecule has 1 heterocycles. The van der Waals surface area contributed by atoms with E-state index in [0.29, 0.717) is 5.92 Å². The number of benzene rings is 6. The molecule has 0 amide bonds. The van der Waals surface area contributed by atoms with Gasteiger partial charge in [-0.3, -0.25) is 0 Å². The molecule has 47 heavy (non-hydrogen) atoms. The van der Waals surface area contributed by atoms with E-state index < -0.39 is 0 Å². The molecule has 8 rings (SSSR count). The summed E-state index contributed by atoms with van der Waals surface area (Å²) in [6.07, 6.45) is 8.27. The van der Waals surface area contributed by atoms with Crippen molar-refractivity contribution in [2.24, 2.45) is 0 Å². The standard InChI is InChI=1S/C44H35N2P/c1-47(2)35-22-14-21-34(28-35)43-38-25-11-9-23-36(38)42(37-24-10-12-26-39(37)43)33-20-13-19-32(27-33)41-29-40(30-15-5-3-6-16-30)45-44(46-41)31-17-7-4-8-18-31/h3-20,22-29,34H,21H2,1-2H3. The van der Waals surface area contributed by atoms with E-state index in [1.165, 1.54) is 43.5 Å². The maximum atomic E-state index is 5.13. The Morgan fingerprint density at radius 2 is 1.06 bits per heavy atom. The fraction of sp³-hybridized carbons (Fsp3) is 0.0909. The molecule has 1 aliphatic rings. The lowest BCUT2D eigenvalue weighted by Gasteiger charge is -2.24. The Balaban J connectivity index is 1.33. The van der Waals surface area contributed by atoms with Crippen molar-refractivity contribution < 1.29 is 0 Å². The van der Waals surface area contributed by atoms with Gasteiger partial charge >= 0.3 is 0 Å². The van der Waals surface area contributed by atoms with E-state index in [2.05, 4.69) is 147 Å². The Labute approximate surface area is 277 Å². The Morgan fingerprint density at radius 3 is 1.70 bits per heavy atom. The third kappa shape index (κ3) is 5.60. The van der Waals surface area contributed by atoms with Gasteiger partial charge in [0.2, 0.25) is 0 Å². The third-order valence-corrected chi connectivity index (χ3v) is 10.5. The molecule has 0 saturated heterocycles. The van der Waals surface area contributed by atoms with E-state index in [1.807, 2.05) is 24.3 Å². The van der Waals surface area contributed by atoms with Crippen LogP contribution in [0, 0.1) is 0 Å². The molecule has 0 bridgehead atoms. The molecule has 0 saturated carbocycles. The van der Waals surface area contributed by atoms with Crippen LogP contribution in [0.15, 0.2) is 163 Å². The van der Waals surface area contributed by atoms with Crippen molar-refractivity contribution in [2.45, 2.75) is 12.3 Å². The summed E-state index contributed by atoms with van der Waals surface area (Å²) in [5, 5.41) is 6.72. The van der Waals surface area contributed by atoms with Gasteiger partial charge in [-0.2, -0.15) is 0 Å². The van der Waals surface area contributed by atoms with Crippen molar-refractivity contribution in [2.75, 3.05) is 13.3 Å². The van der Waals surface area contributed by atoms with Crippen molar-refractivity contribution in [1.29, 1.82) is 0 Å². The van der Waals surface area contributed by atoms with Gasteiger partial charge < -0.3 is 0 Å². The van der Waals surface area contributed by atoms with E-state index in [9.17, 15) is 0 Å². The van der Waals surface area contributed by atoms with E-state index >= 15 is 0 Å². The zero-order valence-corrected chi connectivity index (χ0v) is 27.5. The summed E-state index contributed by atoms with van der Waals surface area (Å²) in [6.45, 7) is 4.70. The van der Waals surface area contributed by atoms with Gasteiger partial charge in [-0.15, -0.1) is 0 Å². The highest BCUT2D eigenvalue weighted by Gasteiger charge is 2.22. The maximum absolute atomic E-state index is 5.13. The SMILES string of the molecule is CP(C)C1=CC(c2c3ccccc3c(-c3cccc(-c4cc(-c5ccccc5)nc(-c5ccccc5)n4)c3)c3ccccc23)CC=C1. The van der Waals surface area contributed by atoms with Crippen molar-refractivity contribution in [3.63, 3.8) is 0 Å². The highest BCUT2D eigenvalue weighted by atomic mass is 31.1. The van der Waals surface area contributed by atoms with Gasteiger partial charge in [-0.25, -0.2) is 9.97 Å². The number of fused-ring (bicyclic) bond motifs is 2. The van der Waals surface area contributed by atoms with E-state index in [0.717, 1.165) is 40.3 Å². The molecule has 1 aliphatic carbocycles. The Kier molecular flexibility index (Phi) is 7.81. The summed E-state index contributed by atoms with van der Waals surface area (Å²) >= 11 is 0. The second-order valence-electron chi connectivity index (χ2n) is 12.4. The second kappa shape index (κ2) is 12.6. The molecular formula is C44H35N2P. The van der Waals surface area contributed by atoms with Crippen LogP contribution in [0.25, 0.3) is 66.6 Å². The molecule has 0 fully saturated rings. The molecule has 1 atom stereocenters. The average molecular weight is 623 g/mol.